The minimum atomic E-state index is -0.407. The number of nitrogens with two attached hydrogens (primary N) is 1. The van der Waals surface area contributed by atoms with Gasteiger partial charge in [0.25, 0.3) is 0 Å². The van der Waals surface area contributed by atoms with Crippen molar-refractivity contribution in [3.05, 3.63) is 12.3 Å². The summed E-state index contributed by atoms with van der Waals surface area (Å²) in [5, 5.41) is 12.3. The molecular formula is C9H15N3O4. The predicted molar refractivity (Wildman–Crippen MR) is 55.5 cm³/mol. The molecule has 1 heterocycles. The fourth-order valence-corrected chi connectivity index (χ4v) is 1.02. The Bertz CT molecular complexity index is 326. The Kier molecular flexibility index (Phi) is 5.30. The summed E-state index contributed by atoms with van der Waals surface area (Å²) in [6, 6.07) is 1.59. The van der Waals surface area contributed by atoms with Crippen molar-refractivity contribution >= 4 is 11.8 Å². The number of aliphatic hydroxyl groups is 1. The lowest BCUT2D eigenvalue weighted by molar-refractivity contribution is -0.146. The number of carbonyl (C=O) groups excluding carboxylic acids is 1. The maximum absolute atomic E-state index is 11.2. The minimum absolute atomic E-state index is 0.0250. The summed E-state index contributed by atoms with van der Waals surface area (Å²) < 4.78 is 11.2. The van der Waals surface area contributed by atoms with Crippen LogP contribution >= 0.6 is 0 Å². The zero-order valence-electron chi connectivity index (χ0n) is 8.83. The van der Waals surface area contributed by atoms with Crippen molar-refractivity contribution in [2.24, 2.45) is 0 Å². The number of ether oxygens (including phenoxy) is 2. The highest BCUT2D eigenvalue weighted by atomic mass is 16.6. The second-order valence-corrected chi connectivity index (χ2v) is 2.99. The molecule has 1 rings (SSSR count). The Labute approximate surface area is 92.8 Å². The molecule has 0 bridgehead atoms. The van der Waals surface area contributed by atoms with Crippen LogP contribution in [0.4, 0.5) is 5.82 Å². The molecule has 1 aromatic heterocycles. The first-order valence-electron chi connectivity index (χ1n) is 4.85. The summed E-state index contributed by atoms with van der Waals surface area (Å²) in [5.41, 5.74) is 5.38. The highest BCUT2D eigenvalue weighted by molar-refractivity contribution is 5.69. The molecule has 7 heteroatoms. The standard InChI is InChI=1S/C9H15N3O4/c10-8-1-2-12(11-8)7-9(14)16-6-5-15-4-3-13/h1-2,13H,3-7H2,(H2,10,11). The first-order chi connectivity index (χ1) is 7.72. The van der Waals surface area contributed by atoms with E-state index in [9.17, 15) is 4.79 Å². The number of carbonyl (C=O) groups is 1. The number of hydrogen-bond donors (Lipinski definition) is 2. The van der Waals surface area contributed by atoms with Gasteiger partial charge in [0.15, 0.2) is 0 Å². The van der Waals surface area contributed by atoms with Gasteiger partial charge in [-0.2, -0.15) is 5.10 Å². The quantitative estimate of drug-likeness (QED) is 0.460. The number of aromatic nitrogens is 2. The van der Waals surface area contributed by atoms with Gasteiger partial charge in [0, 0.05) is 6.20 Å². The maximum atomic E-state index is 11.2. The van der Waals surface area contributed by atoms with E-state index < -0.39 is 5.97 Å². The second-order valence-electron chi connectivity index (χ2n) is 2.99. The van der Waals surface area contributed by atoms with Crippen LogP contribution in [0.25, 0.3) is 0 Å². The van der Waals surface area contributed by atoms with E-state index in [-0.39, 0.29) is 33.0 Å². The van der Waals surface area contributed by atoms with Crippen LogP contribution in [0.2, 0.25) is 0 Å². The van der Waals surface area contributed by atoms with Gasteiger partial charge in [0.1, 0.15) is 19.0 Å². The third-order valence-corrected chi connectivity index (χ3v) is 1.68. The Morgan fingerprint density at radius 1 is 1.50 bits per heavy atom. The lowest BCUT2D eigenvalue weighted by Gasteiger charge is -2.05. The van der Waals surface area contributed by atoms with Gasteiger partial charge in [-0.05, 0) is 6.07 Å². The van der Waals surface area contributed by atoms with Gasteiger partial charge in [-0.1, -0.05) is 0 Å². The molecule has 0 saturated heterocycles. The molecule has 0 unspecified atom stereocenters. The molecule has 0 spiro atoms. The number of esters is 1. The Balaban J connectivity index is 2.11. The maximum Gasteiger partial charge on any atom is 0.327 e. The predicted octanol–water partition coefficient (Wildman–Crippen LogP) is -0.983. The molecule has 0 aliphatic heterocycles. The van der Waals surface area contributed by atoms with Crippen LogP contribution < -0.4 is 5.73 Å². The topological polar surface area (TPSA) is 99.6 Å². The number of anilines is 1. The van der Waals surface area contributed by atoms with Crippen molar-refractivity contribution in [1.82, 2.24) is 9.78 Å². The van der Waals surface area contributed by atoms with Crippen LogP contribution in [-0.4, -0.2) is 47.3 Å². The van der Waals surface area contributed by atoms with Gasteiger partial charge in [-0.3, -0.25) is 9.48 Å². The van der Waals surface area contributed by atoms with Crippen LogP contribution in [0.15, 0.2) is 12.3 Å². The first-order valence-corrected chi connectivity index (χ1v) is 4.85. The van der Waals surface area contributed by atoms with Gasteiger partial charge in [0.05, 0.1) is 19.8 Å². The molecule has 7 nitrogen and oxygen atoms in total. The lowest BCUT2D eigenvalue weighted by Crippen LogP contribution is -2.17. The Hall–Kier alpha value is -1.60. The monoisotopic (exact) mass is 229 g/mol. The van der Waals surface area contributed by atoms with E-state index in [0.29, 0.717) is 5.82 Å². The van der Waals surface area contributed by atoms with E-state index in [0.717, 1.165) is 0 Å². The largest absolute Gasteiger partial charge is 0.462 e. The molecular weight excluding hydrogens is 214 g/mol. The van der Waals surface area contributed by atoms with E-state index in [4.69, 9.17) is 20.3 Å². The molecule has 1 aromatic rings. The summed E-state index contributed by atoms with van der Waals surface area (Å²) in [6.45, 7) is 0.661. The number of hydrogen-bond acceptors (Lipinski definition) is 6. The third kappa shape index (κ3) is 4.76. The average Bonchev–Trinajstić information content (AvgIpc) is 2.63. The van der Waals surface area contributed by atoms with Crippen molar-refractivity contribution < 1.29 is 19.4 Å². The van der Waals surface area contributed by atoms with Crippen LogP contribution in [-0.2, 0) is 20.8 Å². The average molecular weight is 229 g/mol. The molecule has 3 N–H and O–H groups in total. The van der Waals surface area contributed by atoms with E-state index in [1.165, 1.54) is 4.68 Å². The fourth-order valence-electron chi connectivity index (χ4n) is 1.02. The van der Waals surface area contributed by atoms with Gasteiger partial charge in [0.2, 0.25) is 0 Å². The molecule has 0 amide bonds. The zero-order valence-corrected chi connectivity index (χ0v) is 8.83. The lowest BCUT2D eigenvalue weighted by atomic mass is 10.6. The first kappa shape index (κ1) is 12.5. The van der Waals surface area contributed by atoms with E-state index in [2.05, 4.69) is 5.10 Å². The molecule has 0 radical (unpaired) electrons. The Morgan fingerprint density at radius 3 is 2.94 bits per heavy atom. The van der Waals surface area contributed by atoms with Crippen molar-refractivity contribution in [1.29, 1.82) is 0 Å². The van der Waals surface area contributed by atoms with Crippen molar-refractivity contribution in [3.8, 4) is 0 Å². The van der Waals surface area contributed by atoms with E-state index in [1.54, 1.807) is 12.3 Å². The summed E-state index contributed by atoms with van der Waals surface area (Å²) >= 11 is 0. The highest BCUT2D eigenvalue weighted by Gasteiger charge is 2.04. The molecule has 0 aromatic carbocycles. The number of aliphatic hydroxyl groups excluding tert-OH is 1. The van der Waals surface area contributed by atoms with Crippen molar-refractivity contribution in [3.63, 3.8) is 0 Å². The van der Waals surface area contributed by atoms with Crippen LogP contribution in [0.5, 0.6) is 0 Å². The molecule has 0 aliphatic rings. The molecule has 90 valence electrons. The normalized spacial score (nSPS) is 10.3. The number of nitrogens with zero attached hydrogens (tertiary/aromatic N) is 2. The van der Waals surface area contributed by atoms with Crippen LogP contribution in [0.3, 0.4) is 0 Å². The number of nitrogen functional groups attached to an aromatic ring is 1. The summed E-state index contributed by atoms with van der Waals surface area (Å²) in [7, 11) is 0. The summed E-state index contributed by atoms with van der Waals surface area (Å²) in [4.78, 5) is 11.2. The van der Waals surface area contributed by atoms with Gasteiger partial charge >= 0.3 is 5.97 Å². The summed E-state index contributed by atoms with van der Waals surface area (Å²) in [5.74, 6) is -0.0465. The van der Waals surface area contributed by atoms with Gasteiger partial charge in [-0.25, -0.2) is 0 Å². The van der Waals surface area contributed by atoms with Crippen LogP contribution in [0, 0.1) is 0 Å². The van der Waals surface area contributed by atoms with Crippen molar-refractivity contribution in [2.75, 3.05) is 32.2 Å². The SMILES string of the molecule is Nc1ccn(CC(=O)OCCOCCO)n1. The van der Waals surface area contributed by atoms with E-state index in [1.807, 2.05) is 0 Å². The molecule has 0 saturated carbocycles. The molecule has 16 heavy (non-hydrogen) atoms. The third-order valence-electron chi connectivity index (χ3n) is 1.68. The van der Waals surface area contributed by atoms with Gasteiger partial charge in [-0.15, -0.1) is 0 Å². The summed E-state index contributed by atoms with van der Waals surface area (Å²) in [6.07, 6.45) is 1.60. The Morgan fingerprint density at radius 2 is 2.31 bits per heavy atom. The zero-order chi connectivity index (χ0) is 11.8. The molecule has 0 aliphatic carbocycles. The molecule has 0 atom stereocenters. The van der Waals surface area contributed by atoms with Crippen molar-refractivity contribution in [2.45, 2.75) is 6.54 Å². The highest BCUT2D eigenvalue weighted by Crippen LogP contribution is 1.96. The van der Waals surface area contributed by atoms with Gasteiger partial charge < -0.3 is 20.3 Å². The molecule has 0 fully saturated rings. The fraction of sp³-hybridized carbons (Fsp3) is 0.556. The number of rotatable bonds is 7. The second kappa shape index (κ2) is 6.81. The minimum Gasteiger partial charge on any atom is -0.462 e. The smallest absolute Gasteiger partial charge is 0.327 e. The van der Waals surface area contributed by atoms with Crippen LogP contribution in [0.1, 0.15) is 0 Å². The van der Waals surface area contributed by atoms with E-state index >= 15 is 0 Å².